The van der Waals surface area contributed by atoms with Crippen LogP contribution in [0.2, 0.25) is 0 Å². The highest BCUT2D eigenvalue weighted by Crippen LogP contribution is 2.54. The second-order valence-electron chi connectivity index (χ2n) is 9.74. The minimum absolute atomic E-state index is 0.000570. The highest BCUT2D eigenvalue weighted by molar-refractivity contribution is 6.00. The topological polar surface area (TPSA) is 89.9 Å². The minimum atomic E-state index is -0.993. The molecule has 2 rings (SSSR count). The summed E-state index contributed by atoms with van der Waals surface area (Å²) in [6, 6.07) is 0. The molecular formula is C26H38O6. The number of ketones is 1. The van der Waals surface area contributed by atoms with E-state index in [1.54, 1.807) is 32.9 Å². The summed E-state index contributed by atoms with van der Waals surface area (Å²) in [5.41, 5.74) is 1.86. The molecule has 0 aromatic heterocycles. The van der Waals surface area contributed by atoms with E-state index >= 15 is 0 Å². The van der Waals surface area contributed by atoms with Gasteiger partial charge >= 0.3 is 11.9 Å². The molecule has 32 heavy (non-hydrogen) atoms. The summed E-state index contributed by atoms with van der Waals surface area (Å²) in [6.07, 6.45) is 5.38. The SMILES string of the molecule is CC=C(C)C(=O)OC(C)CC=CC(=O)OC1CCC2C(O)C(=O)C(=C(C)C)CC2(C)C1C. The molecule has 6 nitrogen and oxygen atoms in total. The van der Waals surface area contributed by atoms with Crippen LogP contribution in [0.3, 0.4) is 0 Å². The first kappa shape index (κ1) is 26.0. The van der Waals surface area contributed by atoms with E-state index in [0.29, 0.717) is 36.8 Å². The first-order valence-corrected chi connectivity index (χ1v) is 11.5. The largest absolute Gasteiger partial charge is 0.459 e. The van der Waals surface area contributed by atoms with Gasteiger partial charge in [-0.2, -0.15) is 0 Å². The number of esters is 2. The molecule has 6 heteroatoms. The van der Waals surface area contributed by atoms with Crippen LogP contribution in [0.1, 0.15) is 74.1 Å². The van der Waals surface area contributed by atoms with Crippen LogP contribution in [0.15, 0.2) is 34.9 Å². The number of ether oxygens (including phenoxy) is 2. The average molecular weight is 447 g/mol. The normalized spacial score (nSPS) is 31.8. The number of carbonyl (C=O) groups is 3. The Balaban J connectivity index is 1.99. The zero-order valence-corrected chi connectivity index (χ0v) is 20.4. The quantitative estimate of drug-likeness (QED) is 0.478. The van der Waals surface area contributed by atoms with Crippen molar-refractivity contribution in [3.05, 3.63) is 34.9 Å². The van der Waals surface area contributed by atoms with Gasteiger partial charge in [0.25, 0.3) is 0 Å². The van der Waals surface area contributed by atoms with Gasteiger partial charge in [-0.3, -0.25) is 4.79 Å². The third kappa shape index (κ3) is 5.58. The molecule has 0 aromatic carbocycles. The highest BCUT2D eigenvalue weighted by Gasteiger charge is 2.55. The molecule has 6 unspecified atom stereocenters. The molecule has 0 radical (unpaired) electrons. The Hall–Kier alpha value is -2.21. The second kappa shape index (κ2) is 10.6. The van der Waals surface area contributed by atoms with E-state index < -0.39 is 12.1 Å². The number of Topliss-reactive ketones (excluding diaryl/α,β-unsaturated/α-hetero) is 1. The van der Waals surface area contributed by atoms with Crippen molar-refractivity contribution in [2.24, 2.45) is 17.3 Å². The van der Waals surface area contributed by atoms with Gasteiger partial charge in [-0.15, -0.1) is 0 Å². The number of fused-ring (bicyclic) bond motifs is 1. The maximum atomic E-state index is 12.6. The Kier molecular flexibility index (Phi) is 8.63. The van der Waals surface area contributed by atoms with Crippen molar-refractivity contribution in [1.82, 2.24) is 0 Å². The molecular weight excluding hydrogens is 408 g/mol. The van der Waals surface area contributed by atoms with Crippen molar-refractivity contribution >= 4 is 17.7 Å². The lowest BCUT2D eigenvalue weighted by Crippen LogP contribution is -2.55. The van der Waals surface area contributed by atoms with Crippen molar-refractivity contribution in [3.63, 3.8) is 0 Å². The zero-order chi connectivity index (χ0) is 24.2. The molecule has 2 aliphatic carbocycles. The number of hydrogen-bond acceptors (Lipinski definition) is 6. The lowest BCUT2D eigenvalue weighted by molar-refractivity contribution is -0.164. The van der Waals surface area contributed by atoms with Gasteiger partial charge in [-0.25, -0.2) is 9.59 Å². The van der Waals surface area contributed by atoms with Gasteiger partial charge in [-0.05, 0) is 76.7 Å². The maximum Gasteiger partial charge on any atom is 0.333 e. The van der Waals surface area contributed by atoms with Gasteiger partial charge in [0.2, 0.25) is 0 Å². The monoisotopic (exact) mass is 446 g/mol. The molecule has 6 atom stereocenters. The first-order valence-electron chi connectivity index (χ1n) is 11.5. The Bertz CT molecular complexity index is 831. The zero-order valence-electron chi connectivity index (χ0n) is 20.4. The van der Waals surface area contributed by atoms with Crippen LogP contribution in [0.25, 0.3) is 0 Å². The van der Waals surface area contributed by atoms with Crippen LogP contribution in [0.4, 0.5) is 0 Å². The third-order valence-corrected chi connectivity index (χ3v) is 7.37. The van der Waals surface area contributed by atoms with E-state index in [2.05, 4.69) is 6.92 Å². The molecule has 2 fully saturated rings. The molecule has 2 aliphatic rings. The predicted octanol–water partition coefficient (Wildman–Crippen LogP) is 4.46. The lowest BCUT2D eigenvalue weighted by atomic mass is 9.53. The van der Waals surface area contributed by atoms with Crippen LogP contribution >= 0.6 is 0 Å². The molecule has 0 bridgehead atoms. The first-order chi connectivity index (χ1) is 14.9. The van der Waals surface area contributed by atoms with Crippen molar-refractivity contribution in [2.75, 3.05) is 0 Å². The lowest BCUT2D eigenvalue weighted by Gasteiger charge is -2.53. The maximum absolute atomic E-state index is 12.6. The van der Waals surface area contributed by atoms with Crippen molar-refractivity contribution in [3.8, 4) is 0 Å². The van der Waals surface area contributed by atoms with Gasteiger partial charge in [0, 0.05) is 18.1 Å². The summed E-state index contributed by atoms with van der Waals surface area (Å²) in [5.74, 6) is -1.08. The van der Waals surface area contributed by atoms with Gasteiger partial charge in [0.1, 0.15) is 18.3 Å². The predicted molar refractivity (Wildman–Crippen MR) is 123 cm³/mol. The van der Waals surface area contributed by atoms with Gasteiger partial charge < -0.3 is 14.6 Å². The Morgan fingerprint density at radius 3 is 2.50 bits per heavy atom. The summed E-state index contributed by atoms with van der Waals surface area (Å²) in [5, 5.41) is 10.7. The van der Waals surface area contributed by atoms with Gasteiger partial charge in [0.15, 0.2) is 5.78 Å². The van der Waals surface area contributed by atoms with E-state index in [0.717, 1.165) is 5.57 Å². The van der Waals surface area contributed by atoms with Gasteiger partial charge in [-0.1, -0.05) is 31.6 Å². The summed E-state index contributed by atoms with van der Waals surface area (Å²) in [6.45, 7) is 13.2. The number of carbonyl (C=O) groups excluding carboxylic acids is 3. The van der Waals surface area contributed by atoms with Crippen LogP contribution in [-0.2, 0) is 23.9 Å². The Morgan fingerprint density at radius 2 is 1.91 bits per heavy atom. The van der Waals surface area contributed by atoms with Crippen LogP contribution in [-0.4, -0.2) is 41.1 Å². The molecule has 0 heterocycles. The molecule has 0 saturated heterocycles. The van der Waals surface area contributed by atoms with Crippen molar-refractivity contribution in [2.45, 2.75) is 92.5 Å². The number of rotatable bonds is 6. The summed E-state index contributed by atoms with van der Waals surface area (Å²) in [7, 11) is 0. The summed E-state index contributed by atoms with van der Waals surface area (Å²) >= 11 is 0. The third-order valence-electron chi connectivity index (χ3n) is 7.37. The molecule has 2 saturated carbocycles. The molecule has 0 spiro atoms. The standard InChI is InChI=1S/C26H38O6/c1-8-16(4)25(30)31-17(5)10-9-11-22(27)32-21-13-12-20-24(29)23(28)19(15(2)3)14-26(20,7)18(21)6/h8-9,11,17-18,20-21,24,29H,10,12-14H2,1-7H3. The molecule has 0 amide bonds. The van der Waals surface area contributed by atoms with Crippen molar-refractivity contribution in [1.29, 1.82) is 0 Å². The number of aliphatic hydroxyl groups is 1. The fraction of sp³-hybridized carbons (Fsp3) is 0.654. The Labute approximate surface area is 191 Å². The number of aliphatic hydroxyl groups excluding tert-OH is 1. The Morgan fingerprint density at radius 1 is 1.25 bits per heavy atom. The average Bonchev–Trinajstić information content (AvgIpc) is 2.73. The molecule has 0 aromatic rings. The fourth-order valence-corrected chi connectivity index (χ4v) is 4.90. The summed E-state index contributed by atoms with van der Waals surface area (Å²) in [4.78, 5) is 36.8. The molecule has 0 aliphatic heterocycles. The van der Waals surface area contributed by atoms with Crippen LogP contribution in [0, 0.1) is 17.3 Å². The van der Waals surface area contributed by atoms with Crippen LogP contribution < -0.4 is 0 Å². The smallest absolute Gasteiger partial charge is 0.333 e. The molecule has 1 N–H and O–H groups in total. The minimum Gasteiger partial charge on any atom is -0.459 e. The van der Waals surface area contributed by atoms with Gasteiger partial charge in [0.05, 0.1) is 0 Å². The fourth-order valence-electron chi connectivity index (χ4n) is 4.90. The van der Waals surface area contributed by atoms with Crippen molar-refractivity contribution < 1.29 is 29.0 Å². The summed E-state index contributed by atoms with van der Waals surface area (Å²) < 4.78 is 11.1. The second-order valence-corrected chi connectivity index (χ2v) is 9.74. The van der Waals surface area contributed by atoms with E-state index in [9.17, 15) is 19.5 Å². The van der Waals surface area contributed by atoms with E-state index in [1.165, 1.54) is 6.08 Å². The van der Waals surface area contributed by atoms with Crippen LogP contribution in [0.5, 0.6) is 0 Å². The van der Waals surface area contributed by atoms with E-state index in [-0.39, 0.29) is 41.2 Å². The number of allylic oxidation sites excluding steroid dienone is 2. The highest BCUT2D eigenvalue weighted by atomic mass is 16.5. The molecule has 178 valence electrons. The van der Waals surface area contributed by atoms with E-state index in [4.69, 9.17) is 9.47 Å². The number of hydrogen-bond donors (Lipinski definition) is 1. The van der Waals surface area contributed by atoms with E-state index in [1.807, 2.05) is 20.8 Å².